The zero-order valence-electron chi connectivity index (χ0n) is 11.4. The number of rotatable bonds is 4. The predicted molar refractivity (Wildman–Crippen MR) is 79.9 cm³/mol. The molecule has 1 aliphatic carbocycles. The highest BCUT2D eigenvalue weighted by atomic mass is 32.2. The number of carbonyl (C=O) groups is 1. The lowest BCUT2D eigenvalue weighted by Gasteiger charge is -2.30. The normalized spacial score (nSPS) is 22.0. The summed E-state index contributed by atoms with van der Waals surface area (Å²) < 4.78 is 0. The maximum Gasteiger partial charge on any atom is 0.308 e. The number of anilines is 1. The molecule has 0 spiro atoms. The van der Waals surface area contributed by atoms with Crippen molar-refractivity contribution in [3.05, 3.63) is 23.8 Å². The molecule has 1 aromatic rings. The summed E-state index contributed by atoms with van der Waals surface area (Å²) in [5.41, 5.74) is 1.35. The molecule has 20 heavy (non-hydrogen) atoms. The summed E-state index contributed by atoms with van der Waals surface area (Å²) in [5, 5.41) is 21.9. The topological polar surface area (TPSA) is 73.1 Å². The van der Waals surface area contributed by atoms with Crippen LogP contribution in [0.4, 0.5) is 5.69 Å². The van der Waals surface area contributed by atoms with Crippen LogP contribution in [0.2, 0.25) is 0 Å². The van der Waals surface area contributed by atoms with Crippen molar-refractivity contribution in [2.24, 2.45) is 5.92 Å². The number of thioether (sulfide) groups is 1. The Labute approximate surface area is 123 Å². The van der Waals surface area contributed by atoms with Crippen molar-refractivity contribution in [2.45, 2.75) is 36.6 Å². The van der Waals surface area contributed by atoms with Gasteiger partial charge in [0.15, 0.2) is 0 Å². The molecular weight excluding hydrogens is 272 g/mol. The van der Waals surface area contributed by atoms with Gasteiger partial charge in [0.25, 0.3) is 0 Å². The number of nitrogens with one attached hydrogen (secondary N) is 1. The molecule has 0 aromatic heterocycles. The minimum Gasteiger partial charge on any atom is -0.481 e. The highest BCUT2D eigenvalue weighted by Crippen LogP contribution is 2.31. The third-order valence-electron chi connectivity index (χ3n) is 3.78. The Bertz CT molecular complexity index is 539. The lowest BCUT2D eigenvalue weighted by atomic mass is 9.84. The SMILES string of the molecule is CSc1cccc(NC2CCCCC2C(=O)O)c1C#N. The highest BCUT2D eigenvalue weighted by Gasteiger charge is 2.31. The quantitative estimate of drug-likeness (QED) is 0.832. The lowest BCUT2D eigenvalue weighted by Crippen LogP contribution is -2.37. The Morgan fingerprint density at radius 1 is 1.45 bits per heavy atom. The zero-order valence-corrected chi connectivity index (χ0v) is 12.2. The van der Waals surface area contributed by atoms with E-state index in [1.807, 2.05) is 24.5 Å². The second kappa shape index (κ2) is 6.67. The molecule has 1 saturated carbocycles. The molecule has 0 bridgehead atoms. The summed E-state index contributed by atoms with van der Waals surface area (Å²) in [7, 11) is 0. The van der Waals surface area contributed by atoms with Crippen LogP contribution in [0.5, 0.6) is 0 Å². The van der Waals surface area contributed by atoms with Crippen LogP contribution in [0.25, 0.3) is 0 Å². The Hall–Kier alpha value is -1.67. The Kier molecular flexibility index (Phi) is 4.91. The molecule has 1 fully saturated rings. The Morgan fingerprint density at radius 2 is 2.20 bits per heavy atom. The summed E-state index contributed by atoms with van der Waals surface area (Å²) >= 11 is 1.52. The van der Waals surface area contributed by atoms with Gasteiger partial charge in [-0.3, -0.25) is 4.79 Å². The predicted octanol–water partition coefficient (Wildman–Crippen LogP) is 3.34. The first-order valence-corrected chi connectivity index (χ1v) is 7.96. The van der Waals surface area contributed by atoms with Gasteiger partial charge in [0.05, 0.1) is 17.2 Å². The summed E-state index contributed by atoms with van der Waals surface area (Å²) in [6.07, 6.45) is 5.47. The molecule has 2 rings (SSSR count). The number of benzene rings is 1. The Morgan fingerprint density at radius 3 is 2.85 bits per heavy atom. The minimum atomic E-state index is -0.748. The molecule has 0 saturated heterocycles. The molecule has 0 aliphatic heterocycles. The molecule has 1 aromatic carbocycles. The molecule has 0 heterocycles. The van der Waals surface area contributed by atoms with Gasteiger partial charge >= 0.3 is 5.97 Å². The number of nitrogens with zero attached hydrogens (tertiary/aromatic N) is 1. The summed E-state index contributed by atoms with van der Waals surface area (Å²) in [6.45, 7) is 0. The van der Waals surface area contributed by atoms with E-state index in [4.69, 9.17) is 0 Å². The van der Waals surface area contributed by atoms with Crippen LogP contribution in [-0.4, -0.2) is 23.4 Å². The number of hydrogen-bond donors (Lipinski definition) is 2. The number of nitriles is 1. The fourth-order valence-electron chi connectivity index (χ4n) is 2.74. The summed E-state index contributed by atoms with van der Waals surface area (Å²) in [5.74, 6) is -1.12. The van der Waals surface area contributed by atoms with Crippen molar-refractivity contribution < 1.29 is 9.90 Å². The smallest absolute Gasteiger partial charge is 0.308 e. The zero-order chi connectivity index (χ0) is 14.5. The first kappa shape index (κ1) is 14.7. The van der Waals surface area contributed by atoms with E-state index in [9.17, 15) is 15.2 Å². The van der Waals surface area contributed by atoms with E-state index >= 15 is 0 Å². The van der Waals surface area contributed by atoms with Gasteiger partial charge in [-0.15, -0.1) is 11.8 Å². The molecule has 106 valence electrons. The van der Waals surface area contributed by atoms with E-state index in [1.165, 1.54) is 11.8 Å². The van der Waals surface area contributed by atoms with Gasteiger partial charge in [-0.05, 0) is 31.2 Å². The number of aliphatic carboxylic acids is 1. The van der Waals surface area contributed by atoms with Crippen molar-refractivity contribution in [3.8, 4) is 6.07 Å². The average Bonchev–Trinajstić information content (AvgIpc) is 2.47. The van der Waals surface area contributed by atoms with Gasteiger partial charge in [0.1, 0.15) is 6.07 Å². The number of carboxylic acid groups (broad SMARTS) is 1. The number of carboxylic acids is 1. The average molecular weight is 290 g/mol. The van der Waals surface area contributed by atoms with Crippen LogP contribution in [0.3, 0.4) is 0 Å². The third kappa shape index (κ3) is 3.07. The van der Waals surface area contributed by atoms with Gasteiger partial charge in [0, 0.05) is 10.9 Å². The Balaban J connectivity index is 2.25. The van der Waals surface area contributed by atoms with E-state index < -0.39 is 5.97 Å². The van der Waals surface area contributed by atoms with Crippen molar-refractivity contribution >= 4 is 23.4 Å². The van der Waals surface area contributed by atoms with Gasteiger partial charge < -0.3 is 10.4 Å². The van der Waals surface area contributed by atoms with Crippen molar-refractivity contribution in [1.29, 1.82) is 5.26 Å². The summed E-state index contributed by atoms with van der Waals surface area (Å²) in [4.78, 5) is 12.2. The molecule has 4 nitrogen and oxygen atoms in total. The third-order valence-corrected chi connectivity index (χ3v) is 4.56. The van der Waals surface area contributed by atoms with E-state index in [1.54, 1.807) is 0 Å². The molecule has 5 heteroatoms. The van der Waals surface area contributed by atoms with Crippen LogP contribution < -0.4 is 5.32 Å². The van der Waals surface area contributed by atoms with Gasteiger partial charge in [-0.1, -0.05) is 18.9 Å². The standard InChI is InChI=1S/C15H18N2O2S/c1-20-14-8-4-7-13(11(14)9-16)17-12-6-3-2-5-10(12)15(18)19/h4,7-8,10,12,17H,2-3,5-6H2,1H3,(H,18,19). The van der Waals surface area contributed by atoms with E-state index in [-0.39, 0.29) is 12.0 Å². The maximum absolute atomic E-state index is 11.3. The van der Waals surface area contributed by atoms with Gasteiger partial charge in [-0.25, -0.2) is 0 Å². The van der Waals surface area contributed by atoms with Crippen molar-refractivity contribution in [1.82, 2.24) is 0 Å². The largest absolute Gasteiger partial charge is 0.481 e. The van der Waals surface area contributed by atoms with Crippen LogP contribution in [-0.2, 0) is 4.79 Å². The number of hydrogen-bond acceptors (Lipinski definition) is 4. The van der Waals surface area contributed by atoms with Crippen molar-refractivity contribution in [3.63, 3.8) is 0 Å². The van der Waals surface area contributed by atoms with Crippen LogP contribution in [0.1, 0.15) is 31.2 Å². The van der Waals surface area contributed by atoms with Gasteiger partial charge in [-0.2, -0.15) is 5.26 Å². The molecule has 0 amide bonds. The second-order valence-electron chi connectivity index (χ2n) is 4.97. The fourth-order valence-corrected chi connectivity index (χ4v) is 3.31. The first-order chi connectivity index (χ1) is 9.67. The molecular formula is C15H18N2O2S. The molecule has 1 aliphatic rings. The summed E-state index contributed by atoms with van der Waals surface area (Å²) in [6, 6.07) is 7.78. The molecule has 0 radical (unpaired) electrons. The molecule has 2 N–H and O–H groups in total. The van der Waals surface area contributed by atoms with E-state index in [0.717, 1.165) is 29.8 Å². The first-order valence-electron chi connectivity index (χ1n) is 6.73. The van der Waals surface area contributed by atoms with Crippen LogP contribution in [0, 0.1) is 17.2 Å². The highest BCUT2D eigenvalue weighted by molar-refractivity contribution is 7.98. The van der Waals surface area contributed by atoms with Crippen LogP contribution >= 0.6 is 11.8 Å². The van der Waals surface area contributed by atoms with Gasteiger partial charge in [0.2, 0.25) is 0 Å². The molecule has 2 unspecified atom stereocenters. The van der Waals surface area contributed by atoms with E-state index in [2.05, 4.69) is 11.4 Å². The second-order valence-corrected chi connectivity index (χ2v) is 5.82. The maximum atomic E-state index is 11.3. The molecule has 2 atom stereocenters. The fraction of sp³-hybridized carbons (Fsp3) is 0.467. The van der Waals surface area contributed by atoms with E-state index in [0.29, 0.717) is 12.0 Å². The minimum absolute atomic E-state index is 0.0922. The lowest BCUT2D eigenvalue weighted by molar-refractivity contribution is -0.143. The monoisotopic (exact) mass is 290 g/mol. The van der Waals surface area contributed by atoms with Crippen LogP contribution in [0.15, 0.2) is 23.1 Å². The van der Waals surface area contributed by atoms with Crippen molar-refractivity contribution in [2.75, 3.05) is 11.6 Å².